The van der Waals surface area contributed by atoms with Crippen molar-refractivity contribution < 1.29 is 17.2 Å². The maximum Gasteiger partial charge on any atom is 0.185 e. The number of nitrogens with zero attached hydrogens (tertiary/aromatic N) is 2. The van der Waals surface area contributed by atoms with E-state index in [2.05, 4.69) is 37.8 Å². The molecule has 8 heteroatoms. The third kappa shape index (κ3) is 4.23. The minimum absolute atomic E-state index is 0.372. The van der Waals surface area contributed by atoms with Crippen molar-refractivity contribution in [2.75, 3.05) is 18.0 Å². The number of rotatable bonds is 4. The molecule has 0 saturated carbocycles. The summed E-state index contributed by atoms with van der Waals surface area (Å²) in [7, 11) is -3.85. The van der Waals surface area contributed by atoms with Crippen molar-refractivity contribution in [1.29, 1.82) is 0 Å². The van der Waals surface area contributed by atoms with Gasteiger partial charge in [-0.3, -0.25) is 0 Å². The molecule has 1 fully saturated rings. The lowest BCUT2D eigenvalue weighted by atomic mass is 9.98. The molecule has 2 aromatic carbocycles. The van der Waals surface area contributed by atoms with Crippen LogP contribution in [0.15, 0.2) is 40.6 Å². The summed E-state index contributed by atoms with van der Waals surface area (Å²) >= 11 is 1.55. The normalized spacial score (nSPS) is 15.5. The fraction of sp³-hybridized carbons (Fsp3) is 0.348. The Morgan fingerprint density at radius 3 is 2.29 bits per heavy atom. The van der Waals surface area contributed by atoms with Crippen molar-refractivity contribution in [3.8, 4) is 11.3 Å². The molecular weight excluding hydrogens is 438 g/mol. The molecule has 1 aromatic heterocycles. The zero-order valence-electron chi connectivity index (χ0n) is 17.7. The highest BCUT2D eigenvalue weighted by Gasteiger charge is 2.34. The lowest BCUT2D eigenvalue weighted by molar-refractivity contribution is 0.516. The van der Waals surface area contributed by atoms with Gasteiger partial charge < -0.3 is 4.90 Å². The summed E-state index contributed by atoms with van der Waals surface area (Å²) in [6.07, 6.45) is 0.743. The van der Waals surface area contributed by atoms with Crippen LogP contribution in [0.1, 0.15) is 29.5 Å². The molecule has 0 aliphatic carbocycles. The first-order valence-electron chi connectivity index (χ1n) is 10.1. The van der Waals surface area contributed by atoms with Gasteiger partial charge in [-0.15, -0.1) is 11.3 Å². The molecule has 4 rings (SSSR count). The van der Waals surface area contributed by atoms with Gasteiger partial charge in [0.15, 0.2) is 15.0 Å². The van der Waals surface area contributed by atoms with Gasteiger partial charge >= 0.3 is 0 Å². The van der Waals surface area contributed by atoms with Crippen LogP contribution < -0.4 is 4.90 Å². The second-order valence-electron chi connectivity index (χ2n) is 8.10. The van der Waals surface area contributed by atoms with Gasteiger partial charge in [0, 0.05) is 30.1 Å². The highest BCUT2D eigenvalue weighted by molar-refractivity contribution is 7.92. The first-order valence-corrected chi connectivity index (χ1v) is 12.6. The maximum atomic E-state index is 14.1. The third-order valence-electron chi connectivity index (χ3n) is 5.78. The molecule has 2 heterocycles. The van der Waals surface area contributed by atoms with E-state index in [-0.39, 0.29) is 0 Å². The van der Waals surface area contributed by atoms with E-state index in [1.165, 1.54) is 16.7 Å². The summed E-state index contributed by atoms with van der Waals surface area (Å²) in [4.78, 5) is 6.48. The molecule has 0 spiro atoms. The molecule has 1 aliphatic heterocycles. The largest absolute Gasteiger partial charge is 0.348 e. The summed E-state index contributed by atoms with van der Waals surface area (Å²) in [5.41, 5.74) is 5.64. The van der Waals surface area contributed by atoms with Gasteiger partial charge in [-0.25, -0.2) is 22.2 Å². The van der Waals surface area contributed by atoms with Crippen LogP contribution in [0.3, 0.4) is 0 Å². The van der Waals surface area contributed by atoms with E-state index in [9.17, 15) is 17.2 Å². The lowest BCUT2D eigenvalue weighted by Crippen LogP contribution is -2.39. The Bertz CT molecular complexity index is 1210. The van der Waals surface area contributed by atoms with Crippen LogP contribution in [-0.2, 0) is 9.84 Å². The average molecular weight is 463 g/mol. The fourth-order valence-corrected chi connectivity index (χ4v) is 7.00. The van der Waals surface area contributed by atoms with Crippen LogP contribution in [-0.4, -0.2) is 31.7 Å². The van der Waals surface area contributed by atoms with Crippen molar-refractivity contribution in [3.63, 3.8) is 0 Å². The Hall–Kier alpha value is -2.32. The van der Waals surface area contributed by atoms with Crippen LogP contribution in [0.2, 0.25) is 0 Å². The molecule has 0 unspecified atom stereocenters. The SMILES string of the molecule is Cc1cc(C)c(-c2csc(N3CCC(S(=O)(=O)c4ccc(F)cc4F)CC3)n2)c(C)c1. The Labute approximate surface area is 185 Å². The number of anilines is 1. The predicted molar refractivity (Wildman–Crippen MR) is 121 cm³/mol. The van der Waals surface area contributed by atoms with Crippen LogP contribution in [0.4, 0.5) is 13.9 Å². The number of sulfone groups is 1. The molecule has 31 heavy (non-hydrogen) atoms. The average Bonchev–Trinajstić information content (AvgIpc) is 3.16. The summed E-state index contributed by atoms with van der Waals surface area (Å²) in [6, 6.07) is 6.91. The first-order chi connectivity index (χ1) is 14.7. The topological polar surface area (TPSA) is 50.3 Å². The predicted octanol–water partition coefficient (Wildman–Crippen LogP) is 5.46. The quantitative estimate of drug-likeness (QED) is 0.484. The number of aryl methyl sites for hydroxylation is 3. The maximum absolute atomic E-state index is 14.1. The smallest absolute Gasteiger partial charge is 0.185 e. The fourth-order valence-electron chi connectivity index (χ4n) is 4.35. The molecule has 3 aromatic rings. The van der Waals surface area contributed by atoms with E-state index in [0.29, 0.717) is 32.0 Å². The van der Waals surface area contributed by atoms with E-state index in [4.69, 9.17) is 4.98 Å². The van der Waals surface area contributed by atoms with Crippen molar-refractivity contribution in [3.05, 3.63) is 64.0 Å². The number of hydrogen-bond donors (Lipinski definition) is 0. The Balaban J connectivity index is 1.50. The van der Waals surface area contributed by atoms with Crippen molar-refractivity contribution in [2.45, 2.75) is 43.8 Å². The number of hydrogen-bond acceptors (Lipinski definition) is 5. The number of halogens is 2. The summed E-state index contributed by atoms with van der Waals surface area (Å²) < 4.78 is 52.9. The van der Waals surface area contributed by atoms with Gasteiger partial charge in [0.1, 0.15) is 16.5 Å². The van der Waals surface area contributed by atoms with Crippen molar-refractivity contribution >= 4 is 26.3 Å². The number of piperidine rings is 1. The third-order valence-corrected chi connectivity index (χ3v) is 8.97. The Kier molecular flexibility index (Phi) is 5.87. The number of thiazole rings is 1. The Morgan fingerprint density at radius 2 is 1.68 bits per heavy atom. The van der Waals surface area contributed by atoms with E-state index < -0.39 is 31.6 Å². The molecule has 0 N–H and O–H groups in total. The van der Waals surface area contributed by atoms with Crippen LogP contribution in [0, 0.1) is 32.4 Å². The molecule has 1 saturated heterocycles. The summed E-state index contributed by atoms with van der Waals surface area (Å²) in [6.45, 7) is 7.28. The molecule has 0 radical (unpaired) electrons. The van der Waals surface area contributed by atoms with Crippen LogP contribution >= 0.6 is 11.3 Å². The van der Waals surface area contributed by atoms with Gasteiger partial charge in [0.05, 0.1) is 10.9 Å². The highest BCUT2D eigenvalue weighted by Crippen LogP contribution is 2.34. The molecule has 4 nitrogen and oxygen atoms in total. The molecule has 0 amide bonds. The molecular formula is C23H24F2N2O2S2. The van der Waals surface area contributed by atoms with E-state index >= 15 is 0 Å². The Morgan fingerprint density at radius 1 is 1.03 bits per heavy atom. The zero-order valence-corrected chi connectivity index (χ0v) is 19.3. The van der Waals surface area contributed by atoms with Gasteiger partial charge in [0.25, 0.3) is 0 Å². The minimum Gasteiger partial charge on any atom is -0.348 e. The molecule has 0 atom stereocenters. The minimum atomic E-state index is -3.85. The van der Waals surface area contributed by atoms with Gasteiger partial charge in [-0.2, -0.15) is 0 Å². The van der Waals surface area contributed by atoms with Gasteiger partial charge in [-0.1, -0.05) is 17.7 Å². The highest BCUT2D eigenvalue weighted by atomic mass is 32.2. The molecule has 1 aliphatic rings. The van der Waals surface area contributed by atoms with E-state index in [1.807, 2.05) is 5.38 Å². The summed E-state index contributed by atoms with van der Waals surface area (Å²) in [5, 5.41) is 2.21. The lowest BCUT2D eigenvalue weighted by Gasteiger charge is -2.31. The standard InChI is InChI=1S/C23H24F2N2O2S2/c1-14-10-15(2)22(16(3)11-14)20-13-30-23(26-20)27-8-6-18(7-9-27)31(28,29)21-5-4-17(24)12-19(21)25/h4-5,10-13,18H,6-9H2,1-3H3. The van der Waals surface area contributed by atoms with E-state index in [1.54, 1.807) is 11.3 Å². The van der Waals surface area contributed by atoms with Crippen molar-refractivity contribution in [2.24, 2.45) is 0 Å². The number of benzene rings is 2. The second kappa shape index (κ2) is 8.31. The van der Waals surface area contributed by atoms with Crippen LogP contribution in [0.25, 0.3) is 11.3 Å². The van der Waals surface area contributed by atoms with Gasteiger partial charge in [-0.05, 0) is 56.9 Å². The van der Waals surface area contributed by atoms with E-state index in [0.717, 1.165) is 28.5 Å². The molecule has 0 bridgehead atoms. The molecule has 164 valence electrons. The van der Waals surface area contributed by atoms with Crippen LogP contribution in [0.5, 0.6) is 0 Å². The first kappa shape index (κ1) is 21.9. The zero-order chi connectivity index (χ0) is 22.3. The van der Waals surface area contributed by atoms with Crippen molar-refractivity contribution in [1.82, 2.24) is 4.98 Å². The second-order valence-corrected chi connectivity index (χ2v) is 11.1. The summed E-state index contributed by atoms with van der Waals surface area (Å²) in [5.74, 6) is -1.82. The monoisotopic (exact) mass is 462 g/mol. The van der Waals surface area contributed by atoms with Gasteiger partial charge in [0.2, 0.25) is 0 Å². The number of aromatic nitrogens is 1.